The first-order valence-corrected chi connectivity index (χ1v) is 11.7. The third-order valence-electron chi connectivity index (χ3n) is 6.88. The zero-order chi connectivity index (χ0) is 24.8. The van der Waals surface area contributed by atoms with Crippen LogP contribution in [0.3, 0.4) is 0 Å². The lowest BCUT2D eigenvalue weighted by atomic mass is 9.76. The number of carbonyl (C=O) groups is 1. The molecule has 7 heteroatoms. The van der Waals surface area contributed by atoms with Gasteiger partial charge in [0.1, 0.15) is 6.10 Å². The van der Waals surface area contributed by atoms with Gasteiger partial charge in [-0.15, -0.1) is 0 Å². The topological polar surface area (TPSA) is 116 Å². The Hall–Kier alpha value is -1.77. The van der Waals surface area contributed by atoms with E-state index in [1.165, 1.54) is 0 Å². The molecule has 2 rings (SSSR count). The predicted molar refractivity (Wildman–Crippen MR) is 126 cm³/mol. The fourth-order valence-corrected chi connectivity index (χ4v) is 4.19. The molecule has 0 saturated carbocycles. The molecule has 186 valence electrons. The molecule has 33 heavy (non-hydrogen) atoms. The van der Waals surface area contributed by atoms with E-state index in [9.17, 15) is 25.2 Å². The summed E-state index contributed by atoms with van der Waals surface area (Å²) in [6, 6.07) is 7.46. The Kier molecular flexibility index (Phi) is 10.1. The Bertz CT molecular complexity index is 800. The Morgan fingerprint density at radius 1 is 1.27 bits per heavy atom. The normalized spacial score (nSPS) is 30.3. The minimum Gasteiger partial charge on any atom is -0.456 e. The van der Waals surface area contributed by atoms with E-state index in [0.717, 1.165) is 16.7 Å². The fraction of sp³-hybridized carbons (Fsp3) is 0.654. The average Bonchev–Trinajstić information content (AvgIpc) is 2.79. The van der Waals surface area contributed by atoms with Gasteiger partial charge in [-0.25, -0.2) is 4.79 Å². The van der Waals surface area contributed by atoms with E-state index in [1.54, 1.807) is 14.0 Å². The molecule has 1 aliphatic rings. The predicted octanol–water partition coefficient (Wildman–Crippen LogP) is 2.27. The third-order valence-corrected chi connectivity index (χ3v) is 6.88. The summed E-state index contributed by atoms with van der Waals surface area (Å²) in [4.78, 5) is 12.7. The van der Waals surface area contributed by atoms with Crippen molar-refractivity contribution >= 4 is 5.97 Å². The molecular formula is C26H40O7. The van der Waals surface area contributed by atoms with Crippen LogP contribution in [0.1, 0.15) is 58.1 Å². The highest BCUT2D eigenvalue weighted by atomic mass is 16.6. The number of hydrogen-bond acceptors (Lipinski definition) is 7. The summed E-state index contributed by atoms with van der Waals surface area (Å²) in [7, 11) is 1.55. The van der Waals surface area contributed by atoms with Crippen LogP contribution in [0, 0.1) is 5.92 Å². The summed E-state index contributed by atoms with van der Waals surface area (Å²) in [5.41, 5.74) is 1.76. The minimum atomic E-state index is -1.70. The van der Waals surface area contributed by atoms with Crippen molar-refractivity contribution in [3.63, 3.8) is 0 Å². The highest BCUT2D eigenvalue weighted by Crippen LogP contribution is 2.32. The maximum absolute atomic E-state index is 12.7. The smallest absolute Gasteiger partial charge is 0.338 e. The molecule has 1 aromatic rings. The summed E-state index contributed by atoms with van der Waals surface area (Å²) < 4.78 is 11.3. The molecule has 0 saturated heterocycles. The van der Waals surface area contributed by atoms with Gasteiger partial charge in [-0.2, -0.15) is 0 Å². The Morgan fingerprint density at radius 3 is 2.58 bits per heavy atom. The van der Waals surface area contributed by atoms with Gasteiger partial charge in [0, 0.05) is 44.3 Å². The number of aliphatic hydroxyl groups is 4. The van der Waals surface area contributed by atoms with Gasteiger partial charge in [0.15, 0.2) is 6.10 Å². The molecule has 7 nitrogen and oxygen atoms in total. The second-order valence-corrected chi connectivity index (χ2v) is 9.67. The first-order chi connectivity index (χ1) is 15.5. The number of fused-ring (bicyclic) bond motifs is 2. The van der Waals surface area contributed by atoms with Crippen LogP contribution in [0.15, 0.2) is 35.9 Å². The highest BCUT2D eigenvalue weighted by molar-refractivity contribution is 5.75. The van der Waals surface area contributed by atoms with Crippen molar-refractivity contribution in [1.29, 1.82) is 0 Å². The van der Waals surface area contributed by atoms with Crippen molar-refractivity contribution in [3.8, 4) is 0 Å². The summed E-state index contributed by atoms with van der Waals surface area (Å²) in [6.07, 6.45) is -1.71. The maximum Gasteiger partial charge on any atom is 0.338 e. The van der Waals surface area contributed by atoms with Gasteiger partial charge >= 0.3 is 5.97 Å². The number of hydrogen-bond donors (Lipinski definition) is 4. The number of cyclic esters (lactones) is 1. The lowest BCUT2D eigenvalue weighted by Crippen LogP contribution is -2.41. The number of carbonyl (C=O) groups excluding carboxylic acids is 1. The van der Waals surface area contributed by atoms with Gasteiger partial charge in [0.05, 0.1) is 18.3 Å². The largest absolute Gasteiger partial charge is 0.456 e. The number of benzene rings is 1. The molecular weight excluding hydrogens is 424 g/mol. The van der Waals surface area contributed by atoms with Crippen molar-refractivity contribution in [2.45, 2.75) is 89.3 Å². The van der Waals surface area contributed by atoms with Crippen LogP contribution in [0.4, 0.5) is 0 Å². The fourth-order valence-electron chi connectivity index (χ4n) is 4.19. The SMILES string of the molecule is CC[C@H](/C=C(/C)C1C[C@H](OC)C[C@H](O)C(C)(C)c2cccc(c2)C[C@@H](O)[C@H](O)C(=O)O1)CO. The van der Waals surface area contributed by atoms with E-state index in [4.69, 9.17) is 9.47 Å². The van der Waals surface area contributed by atoms with E-state index < -0.39 is 41.9 Å². The van der Waals surface area contributed by atoms with Crippen molar-refractivity contribution in [3.05, 3.63) is 47.0 Å². The molecule has 6 atom stereocenters. The van der Waals surface area contributed by atoms with Crippen LogP contribution in [-0.4, -0.2) is 70.6 Å². The zero-order valence-corrected chi connectivity index (χ0v) is 20.4. The van der Waals surface area contributed by atoms with E-state index in [-0.39, 0.29) is 25.4 Å². The second-order valence-electron chi connectivity index (χ2n) is 9.67. The molecule has 0 fully saturated rings. The van der Waals surface area contributed by atoms with E-state index in [2.05, 4.69) is 0 Å². The van der Waals surface area contributed by atoms with Crippen LogP contribution >= 0.6 is 0 Å². The lowest BCUT2D eigenvalue weighted by molar-refractivity contribution is -0.165. The number of rotatable bonds is 5. The molecule has 1 unspecified atom stereocenters. The molecule has 2 bridgehead atoms. The van der Waals surface area contributed by atoms with Gasteiger partial charge < -0.3 is 29.9 Å². The Labute approximate surface area is 197 Å². The molecule has 0 radical (unpaired) electrons. The standard InChI is InChI=1S/C26H40O7/c1-6-17(15-27)10-16(2)22-13-20(32-5)14-23(29)26(3,4)19-9-7-8-18(11-19)12-21(28)24(30)25(31)33-22/h7-11,17,20-24,27-30H,6,12-15H2,1-5H3/b16-10-/t17-,20+,21-,22?,23+,24+/m1/s1. The zero-order valence-electron chi connectivity index (χ0n) is 20.4. The van der Waals surface area contributed by atoms with Gasteiger partial charge in [-0.3, -0.25) is 0 Å². The highest BCUT2D eigenvalue weighted by Gasteiger charge is 2.35. The third kappa shape index (κ3) is 7.11. The van der Waals surface area contributed by atoms with Crippen LogP contribution in [-0.2, 0) is 26.1 Å². The summed E-state index contributed by atoms with van der Waals surface area (Å²) >= 11 is 0. The van der Waals surface area contributed by atoms with Crippen LogP contribution < -0.4 is 0 Å². The molecule has 1 heterocycles. The van der Waals surface area contributed by atoms with Gasteiger partial charge in [0.2, 0.25) is 0 Å². The molecule has 4 N–H and O–H groups in total. The Morgan fingerprint density at radius 2 is 1.97 bits per heavy atom. The molecule has 1 aliphatic heterocycles. The molecule has 1 aromatic carbocycles. The van der Waals surface area contributed by atoms with Crippen LogP contribution in [0.2, 0.25) is 0 Å². The van der Waals surface area contributed by atoms with E-state index in [1.807, 2.05) is 51.1 Å². The minimum absolute atomic E-state index is 0.0335. The van der Waals surface area contributed by atoms with Crippen molar-refractivity contribution in [2.75, 3.05) is 13.7 Å². The Balaban J connectivity index is 2.46. The van der Waals surface area contributed by atoms with Crippen molar-refractivity contribution in [2.24, 2.45) is 5.92 Å². The van der Waals surface area contributed by atoms with Crippen LogP contribution in [0.5, 0.6) is 0 Å². The first-order valence-electron chi connectivity index (χ1n) is 11.7. The maximum atomic E-state index is 12.7. The summed E-state index contributed by atoms with van der Waals surface area (Å²) in [6.45, 7) is 7.64. The molecule has 0 amide bonds. The summed E-state index contributed by atoms with van der Waals surface area (Å²) in [5.74, 6) is -1.01. The second kappa shape index (κ2) is 12.1. The lowest BCUT2D eigenvalue weighted by Gasteiger charge is -2.35. The van der Waals surface area contributed by atoms with Gasteiger partial charge in [-0.05, 0) is 30.0 Å². The average molecular weight is 465 g/mol. The van der Waals surface area contributed by atoms with E-state index >= 15 is 0 Å². The quantitative estimate of drug-likeness (QED) is 0.390. The van der Waals surface area contributed by atoms with Gasteiger partial charge in [-0.1, -0.05) is 51.1 Å². The van der Waals surface area contributed by atoms with Gasteiger partial charge in [0.25, 0.3) is 0 Å². The number of ether oxygens (including phenoxy) is 2. The monoisotopic (exact) mass is 464 g/mol. The summed E-state index contributed by atoms with van der Waals surface area (Å²) in [5, 5.41) is 41.7. The molecule has 0 spiro atoms. The molecule has 0 aliphatic carbocycles. The van der Waals surface area contributed by atoms with Crippen molar-refractivity contribution in [1.82, 2.24) is 0 Å². The van der Waals surface area contributed by atoms with E-state index in [0.29, 0.717) is 12.8 Å². The molecule has 0 aromatic heterocycles. The number of aliphatic hydroxyl groups excluding tert-OH is 4. The number of esters is 1. The number of methoxy groups -OCH3 is 1. The first kappa shape index (κ1) is 27.5. The van der Waals surface area contributed by atoms with Crippen LogP contribution in [0.25, 0.3) is 0 Å². The van der Waals surface area contributed by atoms with Crippen molar-refractivity contribution < 1.29 is 34.7 Å².